The summed E-state index contributed by atoms with van der Waals surface area (Å²) >= 11 is 3.48. The van der Waals surface area contributed by atoms with Gasteiger partial charge in [-0.2, -0.15) is 0 Å². The van der Waals surface area contributed by atoms with Crippen LogP contribution in [0.3, 0.4) is 0 Å². The summed E-state index contributed by atoms with van der Waals surface area (Å²) in [5.41, 5.74) is 3.10. The van der Waals surface area contributed by atoms with Crippen molar-refractivity contribution in [2.24, 2.45) is 0 Å². The van der Waals surface area contributed by atoms with Gasteiger partial charge in [0.2, 0.25) is 0 Å². The van der Waals surface area contributed by atoms with E-state index in [9.17, 15) is 4.79 Å². The third-order valence-electron chi connectivity index (χ3n) is 4.00. The molecule has 2 rings (SSSR count). The number of hydrogen-bond donors (Lipinski definition) is 0. The first kappa shape index (κ1) is 14.6. The molecule has 1 aliphatic heterocycles. The molecule has 0 aliphatic carbocycles. The molecule has 19 heavy (non-hydrogen) atoms. The summed E-state index contributed by atoms with van der Waals surface area (Å²) in [4.78, 5) is 14.9. The van der Waals surface area contributed by atoms with E-state index in [1.807, 2.05) is 32.0 Å². The van der Waals surface area contributed by atoms with Crippen LogP contribution in [0, 0.1) is 13.8 Å². The molecule has 1 saturated heterocycles. The lowest BCUT2D eigenvalue weighted by atomic mass is 10.0. The predicted octanol–water partition coefficient (Wildman–Crippen LogP) is 4.08. The van der Waals surface area contributed by atoms with Gasteiger partial charge < -0.3 is 4.90 Å². The minimum absolute atomic E-state index is 0.229. The van der Waals surface area contributed by atoms with Crippen LogP contribution in [0.1, 0.15) is 47.2 Å². The molecule has 0 radical (unpaired) electrons. The van der Waals surface area contributed by atoms with E-state index in [1.165, 1.54) is 0 Å². The number of benzene rings is 1. The van der Waals surface area contributed by atoms with Gasteiger partial charge in [-0.25, -0.2) is 0 Å². The fourth-order valence-corrected chi connectivity index (χ4v) is 3.34. The van der Waals surface area contributed by atoms with Gasteiger partial charge in [-0.3, -0.25) is 4.79 Å². The van der Waals surface area contributed by atoms with Gasteiger partial charge >= 0.3 is 0 Å². The number of hydrogen-bond acceptors (Lipinski definition) is 1. The summed E-state index contributed by atoms with van der Waals surface area (Å²) < 4.78 is 0. The molecule has 0 aromatic heterocycles. The van der Waals surface area contributed by atoms with Crippen molar-refractivity contribution in [1.29, 1.82) is 0 Å². The van der Waals surface area contributed by atoms with Gasteiger partial charge in [-0.05, 0) is 50.7 Å². The van der Waals surface area contributed by atoms with Crippen LogP contribution in [0.15, 0.2) is 18.2 Å². The maximum absolute atomic E-state index is 12.8. The van der Waals surface area contributed by atoms with Gasteiger partial charge in [0.05, 0.1) is 0 Å². The molecule has 1 atom stereocenters. The molecule has 104 valence electrons. The fraction of sp³-hybridized carbons (Fsp3) is 0.562. The van der Waals surface area contributed by atoms with Crippen LogP contribution in [0.5, 0.6) is 0 Å². The molecule has 0 bridgehead atoms. The highest BCUT2D eigenvalue weighted by atomic mass is 79.9. The SMILES string of the molecule is Cc1cccc(C)c1C(=O)N1CCCC1CCCBr. The second kappa shape index (κ2) is 6.56. The number of halogens is 1. The molecule has 1 amide bonds. The third kappa shape index (κ3) is 3.19. The summed E-state index contributed by atoms with van der Waals surface area (Å²) in [6.45, 7) is 4.98. The highest BCUT2D eigenvalue weighted by Crippen LogP contribution is 2.26. The summed E-state index contributed by atoms with van der Waals surface area (Å²) in [6.07, 6.45) is 4.55. The highest BCUT2D eigenvalue weighted by molar-refractivity contribution is 9.09. The van der Waals surface area contributed by atoms with Gasteiger partial charge in [-0.15, -0.1) is 0 Å². The van der Waals surface area contributed by atoms with Crippen molar-refractivity contribution in [3.63, 3.8) is 0 Å². The monoisotopic (exact) mass is 323 g/mol. The molecule has 0 saturated carbocycles. The lowest BCUT2D eigenvalue weighted by molar-refractivity contribution is 0.0729. The molecule has 3 heteroatoms. The van der Waals surface area contributed by atoms with Crippen molar-refractivity contribution < 1.29 is 4.79 Å². The van der Waals surface area contributed by atoms with E-state index >= 15 is 0 Å². The van der Waals surface area contributed by atoms with Crippen molar-refractivity contribution >= 4 is 21.8 Å². The maximum atomic E-state index is 12.8. The summed E-state index contributed by atoms with van der Waals surface area (Å²) in [5.74, 6) is 0.229. The van der Waals surface area contributed by atoms with Crippen LogP contribution < -0.4 is 0 Å². The summed E-state index contributed by atoms with van der Waals surface area (Å²) in [5, 5.41) is 1.02. The number of rotatable bonds is 4. The van der Waals surface area contributed by atoms with E-state index in [0.29, 0.717) is 6.04 Å². The predicted molar refractivity (Wildman–Crippen MR) is 83.0 cm³/mol. The van der Waals surface area contributed by atoms with Crippen molar-refractivity contribution in [2.45, 2.75) is 45.6 Å². The smallest absolute Gasteiger partial charge is 0.254 e. The lowest BCUT2D eigenvalue weighted by Crippen LogP contribution is -2.36. The zero-order valence-corrected chi connectivity index (χ0v) is 13.4. The second-order valence-electron chi connectivity index (χ2n) is 5.39. The molecular formula is C16H22BrNO. The molecule has 1 unspecified atom stereocenters. The Bertz CT molecular complexity index is 438. The molecule has 0 N–H and O–H groups in total. The number of amides is 1. The summed E-state index contributed by atoms with van der Waals surface area (Å²) in [7, 11) is 0. The average Bonchev–Trinajstić information content (AvgIpc) is 2.84. The van der Waals surface area contributed by atoms with E-state index in [2.05, 4.69) is 20.8 Å². The zero-order chi connectivity index (χ0) is 13.8. The average molecular weight is 324 g/mol. The maximum Gasteiger partial charge on any atom is 0.254 e. The summed E-state index contributed by atoms with van der Waals surface area (Å²) in [6, 6.07) is 6.52. The topological polar surface area (TPSA) is 20.3 Å². The molecule has 0 spiro atoms. The molecule has 1 aliphatic rings. The minimum Gasteiger partial charge on any atom is -0.336 e. The molecule has 2 nitrogen and oxygen atoms in total. The molecular weight excluding hydrogens is 302 g/mol. The Morgan fingerprint density at radius 3 is 2.68 bits per heavy atom. The van der Waals surface area contributed by atoms with E-state index < -0.39 is 0 Å². The minimum atomic E-state index is 0.229. The van der Waals surface area contributed by atoms with E-state index in [-0.39, 0.29) is 5.91 Å². The quantitative estimate of drug-likeness (QED) is 0.764. The zero-order valence-electron chi connectivity index (χ0n) is 11.8. The van der Waals surface area contributed by atoms with E-state index in [4.69, 9.17) is 0 Å². The van der Waals surface area contributed by atoms with Crippen molar-refractivity contribution in [2.75, 3.05) is 11.9 Å². The standard InChI is InChI=1S/C16H22BrNO/c1-12-6-3-7-13(2)15(12)16(19)18-11-5-9-14(18)8-4-10-17/h3,6-7,14H,4-5,8-11H2,1-2H3. The number of carbonyl (C=O) groups excluding carboxylic acids is 1. The Morgan fingerprint density at radius 2 is 2.05 bits per heavy atom. The number of alkyl halides is 1. The number of aryl methyl sites for hydroxylation is 2. The third-order valence-corrected chi connectivity index (χ3v) is 4.56. The Morgan fingerprint density at radius 1 is 1.37 bits per heavy atom. The number of carbonyl (C=O) groups is 1. The van der Waals surface area contributed by atoms with E-state index in [1.54, 1.807) is 0 Å². The van der Waals surface area contributed by atoms with E-state index in [0.717, 1.165) is 54.2 Å². The normalized spacial score (nSPS) is 18.9. The molecule has 1 heterocycles. The lowest BCUT2D eigenvalue weighted by Gasteiger charge is -2.26. The van der Waals surface area contributed by atoms with Gasteiger partial charge in [-0.1, -0.05) is 34.1 Å². The number of nitrogens with zero attached hydrogens (tertiary/aromatic N) is 1. The van der Waals surface area contributed by atoms with Crippen molar-refractivity contribution in [1.82, 2.24) is 4.90 Å². The molecule has 1 aromatic carbocycles. The first-order valence-corrected chi connectivity index (χ1v) is 8.20. The Labute approximate surface area is 124 Å². The molecule has 1 aromatic rings. The first-order chi connectivity index (χ1) is 9.15. The van der Waals surface area contributed by atoms with Gasteiger partial charge in [0.1, 0.15) is 0 Å². The van der Waals surface area contributed by atoms with Crippen LogP contribution in [-0.2, 0) is 0 Å². The van der Waals surface area contributed by atoms with Crippen LogP contribution in [-0.4, -0.2) is 28.7 Å². The van der Waals surface area contributed by atoms with Crippen molar-refractivity contribution in [3.8, 4) is 0 Å². The first-order valence-electron chi connectivity index (χ1n) is 7.08. The van der Waals surface area contributed by atoms with Gasteiger partial charge in [0.25, 0.3) is 5.91 Å². The Balaban J connectivity index is 2.18. The van der Waals surface area contributed by atoms with Gasteiger partial charge in [0, 0.05) is 23.5 Å². The largest absolute Gasteiger partial charge is 0.336 e. The Kier molecular flexibility index (Phi) is 5.03. The van der Waals surface area contributed by atoms with Crippen LogP contribution in [0.2, 0.25) is 0 Å². The van der Waals surface area contributed by atoms with Crippen LogP contribution in [0.25, 0.3) is 0 Å². The molecule has 1 fully saturated rings. The number of likely N-dealkylation sites (tertiary alicyclic amines) is 1. The Hall–Kier alpha value is -0.830. The van der Waals surface area contributed by atoms with Crippen LogP contribution >= 0.6 is 15.9 Å². The second-order valence-corrected chi connectivity index (χ2v) is 6.19. The fourth-order valence-electron chi connectivity index (χ4n) is 3.01. The highest BCUT2D eigenvalue weighted by Gasteiger charge is 2.30. The van der Waals surface area contributed by atoms with Crippen molar-refractivity contribution in [3.05, 3.63) is 34.9 Å². The van der Waals surface area contributed by atoms with Crippen LogP contribution in [0.4, 0.5) is 0 Å². The van der Waals surface area contributed by atoms with Gasteiger partial charge in [0.15, 0.2) is 0 Å².